The highest BCUT2D eigenvalue weighted by atomic mass is 16.5. The van der Waals surface area contributed by atoms with Crippen molar-refractivity contribution in [2.75, 3.05) is 13.7 Å². The first kappa shape index (κ1) is 36.4. The lowest BCUT2D eigenvalue weighted by molar-refractivity contribution is -0.212. The van der Waals surface area contributed by atoms with Crippen LogP contribution in [0.15, 0.2) is 77.8 Å². The summed E-state index contributed by atoms with van der Waals surface area (Å²) in [5.74, 6) is -2.94. The van der Waals surface area contributed by atoms with Crippen molar-refractivity contribution in [3.63, 3.8) is 0 Å². The molecule has 0 bridgehead atoms. The summed E-state index contributed by atoms with van der Waals surface area (Å²) in [7, 11) is 1.43. The number of nitrogens with zero attached hydrogens (tertiary/aromatic N) is 1. The number of amides is 1. The van der Waals surface area contributed by atoms with Crippen LogP contribution in [0.4, 0.5) is 0 Å². The van der Waals surface area contributed by atoms with Crippen molar-refractivity contribution in [2.24, 2.45) is 10.9 Å². The number of aliphatic carboxylic acids is 1. The number of ketones is 1. The number of ether oxygens (including phenoxy) is 2. The monoisotopic (exact) mass is 645 g/mol. The van der Waals surface area contributed by atoms with Crippen molar-refractivity contribution in [2.45, 2.75) is 58.3 Å². The van der Waals surface area contributed by atoms with Crippen LogP contribution in [0.1, 0.15) is 49.4 Å². The van der Waals surface area contributed by atoms with E-state index in [0.717, 1.165) is 17.5 Å². The highest BCUT2D eigenvalue weighted by Crippen LogP contribution is 2.22. The SMILES string of the molecule is COc1ccc(C([O-])=NC(C)=N)cc1CC(O)N[C@H](C(=O)NC(CC(=O)O)C(=O)COc1ccc(Cc2ccccc2)cc1)C(C)C. The number of carboxylic acids is 1. The summed E-state index contributed by atoms with van der Waals surface area (Å²) in [4.78, 5) is 41.6. The lowest BCUT2D eigenvalue weighted by Crippen LogP contribution is -2.55. The molecule has 3 aromatic rings. The van der Waals surface area contributed by atoms with E-state index in [2.05, 4.69) is 15.6 Å². The Kier molecular flexibility index (Phi) is 13.6. The molecule has 3 aromatic carbocycles. The molecule has 12 nitrogen and oxygen atoms in total. The molecular formula is C35H41N4O8-. The second-order valence-electron chi connectivity index (χ2n) is 11.4. The average Bonchev–Trinajstić information content (AvgIpc) is 3.02. The summed E-state index contributed by atoms with van der Waals surface area (Å²) in [6.45, 7) is 4.37. The minimum absolute atomic E-state index is 0.0696. The third-order valence-electron chi connectivity index (χ3n) is 7.17. The Balaban J connectivity index is 1.64. The number of aliphatic hydroxyl groups is 1. The standard InChI is InChI=1S/C35H42N4O8/c1-21(2)33(39-31(41)18-26-17-25(12-15-30(26)46-4)34(44)37-22(3)36)35(45)38-28(19-32(42)43)29(40)20-47-27-13-10-24(11-14-27)16-23-8-6-5-7-9-23/h5-15,17,21,28,31,33,39,41H,16,18-20H2,1-4H3,(H,38,45)(H,42,43)(H2,36,37,44)/p-1/t28?,31?,33-/m0/s1. The summed E-state index contributed by atoms with van der Waals surface area (Å²) in [5, 5.41) is 45.4. The Morgan fingerprint density at radius 1 is 1.00 bits per heavy atom. The van der Waals surface area contributed by atoms with E-state index in [1.54, 1.807) is 32.0 Å². The van der Waals surface area contributed by atoms with Crippen LogP contribution in [0.5, 0.6) is 11.5 Å². The summed E-state index contributed by atoms with van der Waals surface area (Å²) in [6, 6.07) is 19.3. The molecule has 12 heteroatoms. The smallest absolute Gasteiger partial charge is 0.305 e. The van der Waals surface area contributed by atoms with Crippen LogP contribution in [-0.2, 0) is 27.2 Å². The Hall–Kier alpha value is -5.07. The van der Waals surface area contributed by atoms with Crippen LogP contribution >= 0.6 is 0 Å². The predicted octanol–water partition coefficient (Wildman–Crippen LogP) is 2.47. The fourth-order valence-corrected chi connectivity index (χ4v) is 4.81. The number of aliphatic imine (C=N–C) groups is 1. The molecule has 0 aliphatic heterocycles. The van der Waals surface area contributed by atoms with E-state index in [1.807, 2.05) is 42.5 Å². The highest BCUT2D eigenvalue weighted by Gasteiger charge is 2.30. The first-order valence-corrected chi connectivity index (χ1v) is 15.1. The zero-order valence-corrected chi connectivity index (χ0v) is 26.9. The minimum Gasteiger partial charge on any atom is -0.858 e. The van der Waals surface area contributed by atoms with Gasteiger partial charge in [0, 0.05) is 6.42 Å². The number of nitrogens with one attached hydrogen (secondary N) is 3. The molecule has 0 fully saturated rings. The van der Waals surface area contributed by atoms with E-state index in [0.29, 0.717) is 17.1 Å². The number of Topliss-reactive ketones (excluding diaryl/α,β-unsaturated/α-hetero) is 1. The van der Waals surface area contributed by atoms with E-state index < -0.39 is 54.9 Å². The number of rotatable bonds is 17. The predicted molar refractivity (Wildman–Crippen MR) is 175 cm³/mol. The maximum Gasteiger partial charge on any atom is 0.305 e. The van der Waals surface area contributed by atoms with Crippen molar-refractivity contribution in [3.8, 4) is 11.5 Å². The normalized spacial score (nSPS) is 13.4. The molecule has 0 heterocycles. The van der Waals surface area contributed by atoms with Gasteiger partial charge in [-0.25, -0.2) is 4.99 Å². The second kappa shape index (κ2) is 17.6. The van der Waals surface area contributed by atoms with E-state index >= 15 is 0 Å². The maximum atomic E-state index is 13.3. The first-order valence-electron chi connectivity index (χ1n) is 15.1. The molecule has 0 aromatic heterocycles. The number of benzene rings is 3. The van der Waals surface area contributed by atoms with Crippen molar-refractivity contribution >= 4 is 29.4 Å². The van der Waals surface area contributed by atoms with Gasteiger partial charge in [0.1, 0.15) is 36.2 Å². The molecule has 5 N–H and O–H groups in total. The van der Waals surface area contributed by atoms with Gasteiger partial charge < -0.3 is 30.1 Å². The topological polar surface area (TPSA) is 193 Å². The van der Waals surface area contributed by atoms with Gasteiger partial charge in [-0.3, -0.25) is 25.1 Å². The van der Waals surface area contributed by atoms with Crippen molar-refractivity contribution in [1.82, 2.24) is 10.6 Å². The summed E-state index contributed by atoms with van der Waals surface area (Å²) in [6.07, 6.45) is -1.29. The number of aliphatic hydroxyl groups excluding tert-OH is 1. The zero-order valence-electron chi connectivity index (χ0n) is 26.9. The number of carboxylic acid groups (broad SMARTS) is 1. The van der Waals surface area contributed by atoms with Gasteiger partial charge in [-0.15, -0.1) is 0 Å². The van der Waals surface area contributed by atoms with Gasteiger partial charge in [0.2, 0.25) is 5.91 Å². The van der Waals surface area contributed by atoms with Gasteiger partial charge in [-0.2, -0.15) is 0 Å². The van der Waals surface area contributed by atoms with E-state index in [-0.39, 0.29) is 23.7 Å². The fourth-order valence-electron chi connectivity index (χ4n) is 4.81. The Morgan fingerprint density at radius 2 is 1.66 bits per heavy atom. The minimum atomic E-state index is -1.37. The third-order valence-corrected chi connectivity index (χ3v) is 7.17. The van der Waals surface area contributed by atoms with Gasteiger partial charge in [-0.05, 0) is 71.7 Å². The van der Waals surface area contributed by atoms with Crippen LogP contribution in [-0.4, -0.2) is 71.6 Å². The molecule has 0 radical (unpaired) electrons. The first-order chi connectivity index (χ1) is 22.4. The van der Waals surface area contributed by atoms with Crippen molar-refractivity contribution < 1.29 is 39.2 Å². The van der Waals surface area contributed by atoms with Crippen molar-refractivity contribution in [1.29, 1.82) is 5.41 Å². The summed E-state index contributed by atoms with van der Waals surface area (Å²) < 4.78 is 11.0. The van der Waals surface area contributed by atoms with Crippen molar-refractivity contribution in [3.05, 3.63) is 95.1 Å². The molecule has 0 spiro atoms. The molecule has 0 aliphatic carbocycles. The van der Waals surface area contributed by atoms with E-state index in [1.165, 1.54) is 26.2 Å². The largest absolute Gasteiger partial charge is 0.858 e. The lowest BCUT2D eigenvalue weighted by Gasteiger charge is -2.27. The number of carbonyl (C=O) groups is 3. The third kappa shape index (κ3) is 11.7. The van der Waals surface area contributed by atoms with Crippen LogP contribution in [0, 0.1) is 11.3 Å². The van der Waals surface area contributed by atoms with Gasteiger partial charge in [0.05, 0.1) is 19.6 Å². The number of amidine groups is 1. The van der Waals surface area contributed by atoms with E-state index in [4.69, 9.17) is 14.9 Å². The highest BCUT2D eigenvalue weighted by molar-refractivity contribution is 5.99. The number of hydrogen-bond donors (Lipinski definition) is 5. The molecule has 2 unspecified atom stereocenters. The van der Waals surface area contributed by atoms with Crippen LogP contribution in [0.3, 0.4) is 0 Å². The lowest BCUT2D eigenvalue weighted by atomic mass is 10.0. The Morgan fingerprint density at radius 3 is 2.26 bits per heavy atom. The van der Waals surface area contributed by atoms with Gasteiger partial charge in [0.25, 0.3) is 0 Å². The van der Waals surface area contributed by atoms with E-state index in [9.17, 15) is 29.7 Å². The average molecular weight is 646 g/mol. The Bertz CT molecular complexity index is 1560. The number of carbonyl (C=O) groups excluding carboxylic acids is 2. The molecule has 0 aliphatic rings. The molecule has 3 atom stereocenters. The number of hydrogen-bond acceptors (Lipinski definition) is 9. The fraction of sp³-hybridized carbons (Fsp3) is 0.343. The van der Waals surface area contributed by atoms with Crippen LogP contribution < -0.4 is 25.2 Å². The maximum absolute atomic E-state index is 13.3. The zero-order chi connectivity index (χ0) is 34.5. The summed E-state index contributed by atoms with van der Waals surface area (Å²) >= 11 is 0. The van der Waals surface area contributed by atoms with Gasteiger partial charge in [0.15, 0.2) is 5.78 Å². The molecule has 47 heavy (non-hydrogen) atoms. The molecule has 0 saturated heterocycles. The van der Waals surface area contributed by atoms with Gasteiger partial charge in [-0.1, -0.05) is 62.4 Å². The molecular weight excluding hydrogens is 604 g/mol. The molecule has 250 valence electrons. The summed E-state index contributed by atoms with van der Waals surface area (Å²) in [5.41, 5.74) is 2.84. The quantitative estimate of drug-likeness (QED) is 0.0833. The Labute approximate surface area is 274 Å². The molecule has 1 amide bonds. The molecule has 3 rings (SSSR count). The molecule has 0 saturated carbocycles. The van der Waals surface area contributed by atoms with Crippen LogP contribution in [0.25, 0.3) is 0 Å². The number of methoxy groups -OCH3 is 1. The van der Waals surface area contributed by atoms with Crippen LogP contribution in [0.2, 0.25) is 0 Å². The second-order valence-corrected chi connectivity index (χ2v) is 11.4. The van der Waals surface area contributed by atoms with Gasteiger partial charge >= 0.3 is 5.97 Å².